The molecule has 0 bridgehead atoms. The Bertz CT molecular complexity index is 51.1. The average molecular weight is 128 g/mol. The van der Waals surface area contributed by atoms with Gasteiger partial charge in [0.2, 0.25) is 0 Å². The number of rotatable bonds is 1. The van der Waals surface area contributed by atoms with Crippen LogP contribution in [0.25, 0.3) is 0 Å². The van der Waals surface area contributed by atoms with Crippen molar-refractivity contribution < 1.29 is 0 Å². The fourth-order valence-corrected chi connectivity index (χ4v) is 0. The van der Waals surface area contributed by atoms with Crippen LogP contribution in [0.4, 0.5) is 0 Å². The van der Waals surface area contributed by atoms with Crippen LogP contribution >= 0.6 is 0 Å². The van der Waals surface area contributed by atoms with Gasteiger partial charge in [0.25, 0.3) is 0 Å². The Morgan fingerprint density at radius 3 is 1.22 bits per heavy atom. The van der Waals surface area contributed by atoms with Gasteiger partial charge in [-0.3, -0.25) is 0 Å². The lowest BCUT2D eigenvalue weighted by atomic mass is 10.4. The molecule has 0 unspecified atom stereocenters. The minimum atomic E-state index is 1.02. The van der Waals surface area contributed by atoms with Crippen molar-refractivity contribution in [2.45, 2.75) is 34.6 Å². The molecule has 0 heterocycles. The highest BCUT2D eigenvalue weighted by Gasteiger charge is 1.59. The Hall–Kier alpha value is -0.520. The van der Waals surface area contributed by atoms with E-state index in [9.17, 15) is 0 Å². The van der Waals surface area contributed by atoms with Crippen molar-refractivity contribution in [3.8, 4) is 0 Å². The van der Waals surface area contributed by atoms with E-state index in [0.717, 1.165) is 5.57 Å². The van der Waals surface area contributed by atoms with Crippen molar-refractivity contribution in [3.05, 3.63) is 24.8 Å². The molecular formula is C9H20. The van der Waals surface area contributed by atoms with Gasteiger partial charge in [-0.1, -0.05) is 52.5 Å². The third-order valence-electron chi connectivity index (χ3n) is 0.348. The molecule has 56 valence electrons. The lowest BCUT2D eigenvalue weighted by Gasteiger charge is -1.71. The molecule has 0 amide bonds. The Labute approximate surface area is 60.3 Å². The molecule has 0 saturated heterocycles. The molecule has 0 nitrogen and oxygen atoms in total. The normalized spacial score (nSPS) is 5.00. The van der Waals surface area contributed by atoms with Crippen LogP contribution in [0, 0.1) is 0 Å². The summed E-state index contributed by atoms with van der Waals surface area (Å²) in [5.41, 5.74) is 1.02. The molecule has 0 radical (unpaired) electrons. The Kier molecular flexibility index (Phi) is 45.5. The number of hydrogen-bond donors (Lipinski definition) is 0. The van der Waals surface area contributed by atoms with Gasteiger partial charge >= 0.3 is 0 Å². The summed E-state index contributed by atoms with van der Waals surface area (Å²) < 4.78 is 0. The van der Waals surface area contributed by atoms with Gasteiger partial charge in [-0.05, 0) is 6.92 Å². The Morgan fingerprint density at radius 2 is 1.22 bits per heavy atom. The number of allylic oxidation sites excluding steroid dienone is 2. The molecule has 0 fully saturated rings. The van der Waals surface area contributed by atoms with Gasteiger partial charge in [-0.2, -0.15) is 0 Å². The van der Waals surface area contributed by atoms with Gasteiger partial charge in [0.15, 0.2) is 0 Å². The predicted molar refractivity (Wildman–Crippen MR) is 47.7 cm³/mol. The average Bonchev–Trinajstić information content (AvgIpc) is 1.97. The molecular weight excluding hydrogens is 108 g/mol. The van der Waals surface area contributed by atoms with Gasteiger partial charge in [0, 0.05) is 0 Å². The van der Waals surface area contributed by atoms with Crippen LogP contribution < -0.4 is 0 Å². The highest BCUT2D eigenvalue weighted by Crippen LogP contribution is 1.81. The molecule has 0 saturated carbocycles. The molecule has 0 rings (SSSR count). The summed E-state index contributed by atoms with van der Waals surface area (Å²) in [6, 6.07) is 0. The molecule has 0 aromatic rings. The highest BCUT2D eigenvalue weighted by molar-refractivity contribution is 5.05. The van der Waals surface area contributed by atoms with E-state index in [2.05, 4.69) is 13.2 Å². The fraction of sp³-hybridized carbons (Fsp3) is 0.556. The molecule has 0 aliphatic rings. The predicted octanol–water partition coefficient (Wildman–Crippen LogP) is 3.80. The molecule has 0 aromatic carbocycles. The largest absolute Gasteiger partial charge is 0.0988 e. The van der Waals surface area contributed by atoms with Gasteiger partial charge in [-0.25, -0.2) is 0 Å². The minimum Gasteiger partial charge on any atom is -0.0988 e. The lowest BCUT2D eigenvalue weighted by Crippen LogP contribution is -1.50. The van der Waals surface area contributed by atoms with Crippen molar-refractivity contribution >= 4 is 0 Å². The van der Waals surface area contributed by atoms with Crippen LogP contribution in [-0.4, -0.2) is 0 Å². The highest BCUT2D eigenvalue weighted by atomic mass is 13.7. The van der Waals surface area contributed by atoms with Crippen LogP contribution in [-0.2, 0) is 0 Å². The van der Waals surface area contributed by atoms with Gasteiger partial charge < -0.3 is 0 Å². The minimum absolute atomic E-state index is 1.02. The van der Waals surface area contributed by atoms with E-state index in [1.165, 1.54) is 0 Å². The molecule has 0 aliphatic carbocycles. The standard InChI is InChI=1S/C5H8.2C2H6/c1-4-5(2)3;2*1-2/h4H,1-2H2,3H3;2*1-2H3. The summed E-state index contributed by atoms with van der Waals surface area (Å²) in [5, 5.41) is 0. The molecule has 0 aliphatic heterocycles. The quantitative estimate of drug-likeness (QED) is 0.471. The van der Waals surface area contributed by atoms with Crippen molar-refractivity contribution in [2.24, 2.45) is 0 Å². The molecule has 9 heavy (non-hydrogen) atoms. The number of hydrogen-bond acceptors (Lipinski definition) is 0. The van der Waals surface area contributed by atoms with Crippen LogP contribution in [0.5, 0.6) is 0 Å². The van der Waals surface area contributed by atoms with Gasteiger partial charge in [0.1, 0.15) is 0 Å². The third kappa shape index (κ3) is 103. The zero-order valence-corrected chi connectivity index (χ0v) is 7.49. The van der Waals surface area contributed by atoms with Crippen LogP contribution in [0.2, 0.25) is 0 Å². The first kappa shape index (κ1) is 15.8. The summed E-state index contributed by atoms with van der Waals surface area (Å²) in [5.74, 6) is 0. The van der Waals surface area contributed by atoms with Crippen molar-refractivity contribution in [2.75, 3.05) is 0 Å². The molecule has 0 atom stereocenters. The van der Waals surface area contributed by atoms with Crippen LogP contribution in [0.3, 0.4) is 0 Å². The molecule has 0 aromatic heterocycles. The smallest absolute Gasteiger partial charge is 0.0404 e. The maximum absolute atomic E-state index is 3.56. The second-order valence-electron chi connectivity index (χ2n) is 1.05. The zero-order valence-electron chi connectivity index (χ0n) is 7.49. The van der Waals surface area contributed by atoms with Crippen molar-refractivity contribution in [3.63, 3.8) is 0 Å². The van der Waals surface area contributed by atoms with E-state index >= 15 is 0 Å². The molecule has 0 spiro atoms. The van der Waals surface area contributed by atoms with E-state index in [1.807, 2.05) is 34.6 Å². The SMILES string of the molecule is C=CC(=C)C.CC.CC. The summed E-state index contributed by atoms with van der Waals surface area (Å²) >= 11 is 0. The Morgan fingerprint density at radius 1 is 1.11 bits per heavy atom. The molecule has 0 heteroatoms. The van der Waals surface area contributed by atoms with E-state index in [4.69, 9.17) is 0 Å². The zero-order chi connectivity index (χ0) is 8.28. The van der Waals surface area contributed by atoms with E-state index in [0.29, 0.717) is 0 Å². The first-order valence-electron chi connectivity index (χ1n) is 3.55. The molecule has 0 N–H and O–H groups in total. The van der Waals surface area contributed by atoms with Gasteiger partial charge in [-0.15, -0.1) is 0 Å². The first-order chi connectivity index (χ1) is 4.27. The summed E-state index contributed by atoms with van der Waals surface area (Å²) in [6.07, 6.45) is 1.72. The topological polar surface area (TPSA) is 0 Å². The van der Waals surface area contributed by atoms with E-state index < -0.39 is 0 Å². The Balaban J connectivity index is -0.0000000771. The maximum Gasteiger partial charge on any atom is -0.0404 e. The monoisotopic (exact) mass is 128 g/mol. The second kappa shape index (κ2) is 25.9. The van der Waals surface area contributed by atoms with E-state index in [-0.39, 0.29) is 0 Å². The van der Waals surface area contributed by atoms with Gasteiger partial charge in [0.05, 0.1) is 0 Å². The third-order valence-corrected chi connectivity index (χ3v) is 0.348. The lowest BCUT2D eigenvalue weighted by molar-refractivity contribution is 1.50. The van der Waals surface area contributed by atoms with Crippen LogP contribution in [0.1, 0.15) is 34.6 Å². The van der Waals surface area contributed by atoms with E-state index in [1.54, 1.807) is 6.08 Å². The fourth-order valence-electron chi connectivity index (χ4n) is 0. The first-order valence-corrected chi connectivity index (χ1v) is 3.55. The summed E-state index contributed by atoms with van der Waals surface area (Å²) in [4.78, 5) is 0. The van der Waals surface area contributed by atoms with Crippen molar-refractivity contribution in [1.82, 2.24) is 0 Å². The summed E-state index contributed by atoms with van der Waals surface area (Å²) in [6.45, 7) is 16.9. The van der Waals surface area contributed by atoms with Crippen molar-refractivity contribution in [1.29, 1.82) is 0 Å². The van der Waals surface area contributed by atoms with Crippen LogP contribution in [0.15, 0.2) is 24.8 Å². The maximum atomic E-state index is 3.56. The summed E-state index contributed by atoms with van der Waals surface area (Å²) in [7, 11) is 0. The second-order valence-corrected chi connectivity index (χ2v) is 1.05.